The Balaban J connectivity index is 2.10. The summed E-state index contributed by atoms with van der Waals surface area (Å²) in [4.78, 5) is 28.2. The summed E-state index contributed by atoms with van der Waals surface area (Å²) in [5, 5.41) is 5.45. The molecule has 2 unspecified atom stereocenters. The van der Waals surface area contributed by atoms with Gasteiger partial charge in [-0.15, -0.1) is 11.3 Å². The van der Waals surface area contributed by atoms with Crippen molar-refractivity contribution in [1.29, 1.82) is 0 Å². The van der Waals surface area contributed by atoms with Gasteiger partial charge >= 0.3 is 0 Å². The van der Waals surface area contributed by atoms with Crippen LogP contribution in [0.15, 0.2) is 41.8 Å². The third-order valence-corrected chi connectivity index (χ3v) is 5.33. The van der Waals surface area contributed by atoms with Gasteiger partial charge in [0.1, 0.15) is 6.04 Å². The van der Waals surface area contributed by atoms with Crippen molar-refractivity contribution in [3.63, 3.8) is 0 Å². The number of hydrogen-bond acceptors (Lipinski definition) is 3. The Labute approximate surface area is 157 Å². The third-order valence-electron chi connectivity index (χ3n) is 4.22. The number of carbonyl (C=O) groups excluding carboxylic acids is 2. The number of nitrogens with zero attached hydrogens (tertiary/aromatic N) is 1. The summed E-state index contributed by atoms with van der Waals surface area (Å²) in [6, 6.07) is 10.1. The first kappa shape index (κ1) is 19.5. The van der Waals surface area contributed by atoms with Crippen molar-refractivity contribution < 1.29 is 9.59 Å². The lowest BCUT2D eigenvalue weighted by atomic mass is 9.97. The van der Waals surface area contributed by atoms with Crippen LogP contribution in [0.3, 0.4) is 0 Å². The largest absolute Gasteiger partial charge is 0.340 e. The highest BCUT2D eigenvalue weighted by molar-refractivity contribution is 7.09. The molecule has 2 atom stereocenters. The van der Waals surface area contributed by atoms with E-state index >= 15 is 0 Å². The van der Waals surface area contributed by atoms with E-state index in [1.165, 1.54) is 0 Å². The second kappa shape index (κ2) is 9.02. The van der Waals surface area contributed by atoms with Crippen LogP contribution < -0.4 is 5.32 Å². The van der Waals surface area contributed by atoms with E-state index in [0.717, 1.165) is 11.3 Å². The van der Waals surface area contributed by atoms with Gasteiger partial charge in [0.25, 0.3) is 5.91 Å². The van der Waals surface area contributed by atoms with Crippen molar-refractivity contribution in [2.45, 2.75) is 32.9 Å². The Hall–Kier alpha value is -1.85. The lowest BCUT2D eigenvalue weighted by Crippen LogP contribution is -2.50. The summed E-state index contributed by atoms with van der Waals surface area (Å²) in [6.07, 6.45) is 0.796. The highest BCUT2D eigenvalue weighted by Gasteiger charge is 2.28. The van der Waals surface area contributed by atoms with E-state index in [2.05, 4.69) is 5.32 Å². The van der Waals surface area contributed by atoms with Gasteiger partial charge < -0.3 is 10.2 Å². The zero-order chi connectivity index (χ0) is 18.4. The fourth-order valence-electron chi connectivity index (χ4n) is 2.46. The fourth-order valence-corrected chi connectivity index (χ4v) is 3.34. The molecule has 2 rings (SSSR count). The van der Waals surface area contributed by atoms with Crippen LogP contribution >= 0.6 is 22.9 Å². The fraction of sp³-hybridized carbons (Fsp3) is 0.368. The number of rotatable bonds is 7. The van der Waals surface area contributed by atoms with E-state index in [0.29, 0.717) is 17.1 Å². The predicted molar refractivity (Wildman–Crippen MR) is 103 cm³/mol. The van der Waals surface area contributed by atoms with Crippen LogP contribution in [-0.4, -0.2) is 29.8 Å². The SMILES string of the molecule is CCC(C)C(NC(=O)c1ccc(Cl)cc1)C(=O)N(C)Cc1cccs1. The quantitative estimate of drug-likeness (QED) is 0.784. The van der Waals surface area contributed by atoms with E-state index < -0.39 is 6.04 Å². The summed E-state index contributed by atoms with van der Waals surface area (Å²) in [5.74, 6) is -0.306. The van der Waals surface area contributed by atoms with Gasteiger partial charge in [0, 0.05) is 22.5 Å². The molecule has 4 nitrogen and oxygen atoms in total. The number of amides is 2. The van der Waals surface area contributed by atoms with Crippen LogP contribution in [0.25, 0.3) is 0 Å². The van der Waals surface area contributed by atoms with Crippen molar-refractivity contribution in [2.24, 2.45) is 5.92 Å². The number of carbonyl (C=O) groups is 2. The summed E-state index contributed by atoms with van der Waals surface area (Å²) < 4.78 is 0. The van der Waals surface area contributed by atoms with Crippen LogP contribution in [0.4, 0.5) is 0 Å². The van der Waals surface area contributed by atoms with Gasteiger partial charge in [-0.2, -0.15) is 0 Å². The average molecular weight is 379 g/mol. The van der Waals surface area contributed by atoms with Gasteiger partial charge in [-0.05, 0) is 41.6 Å². The smallest absolute Gasteiger partial charge is 0.251 e. The average Bonchev–Trinajstić information content (AvgIpc) is 3.11. The summed E-state index contributed by atoms with van der Waals surface area (Å²) in [5.41, 5.74) is 0.492. The summed E-state index contributed by atoms with van der Waals surface area (Å²) >= 11 is 7.48. The molecular formula is C19H23ClN2O2S. The van der Waals surface area contributed by atoms with E-state index in [1.807, 2.05) is 31.4 Å². The normalized spacial score (nSPS) is 13.1. The molecule has 0 bridgehead atoms. The lowest BCUT2D eigenvalue weighted by Gasteiger charge is -2.28. The molecule has 1 aromatic carbocycles. The van der Waals surface area contributed by atoms with Crippen molar-refractivity contribution in [1.82, 2.24) is 10.2 Å². The third kappa shape index (κ3) is 5.31. The monoisotopic (exact) mass is 378 g/mol. The second-order valence-corrected chi connectivity index (χ2v) is 7.59. The molecule has 2 aromatic rings. The molecule has 6 heteroatoms. The van der Waals surface area contributed by atoms with Crippen LogP contribution in [0, 0.1) is 5.92 Å². The minimum Gasteiger partial charge on any atom is -0.340 e. The van der Waals surface area contributed by atoms with E-state index in [1.54, 1.807) is 47.5 Å². The number of hydrogen-bond donors (Lipinski definition) is 1. The first-order valence-corrected chi connectivity index (χ1v) is 9.52. The highest BCUT2D eigenvalue weighted by atomic mass is 35.5. The van der Waals surface area contributed by atoms with Crippen LogP contribution in [0.5, 0.6) is 0 Å². The Morgan fingerprint density at radius 3 is 2.48 bits per heavy atom. The maximum Gasteiger partial charge on any atom is 0.251 e. The van der Waals surface area contributed by atoms with Crippen molar-refractivity contribution in [3.8, 4) is 0 Å². The molecule has 0 aliphatic rings. The Bertz CT molecular complexity index is 701. The highest BCUT2D eigenvalue weighted by Crippen LogP contribution is 2.16. The van der Waals surface area contributed by atoms with Crippen molar-refractivity contribution in [2.75, 3.05) is 7.05 Å². The number of halogens is 1. The molecule has 0 fully saturated rings. The number of likely N-dealkylation sites (N-methyl/N-ethyl adjacent to an activating group) is 1. The van der Waals surface area contributed by atoms with Crippen molar-refractivity contribution >= 4 is 34.8 Å². The second-order valence-electron chi connectivity index (χ2n) is 6.12. The van der Waals surface area contributed by atoms with Gasteiger partial charge in [0.2, 0.25) is 5.91 Å². The molecule has 0 spiro atoms. The number of thiophene rings is 1. The maximum atomic E-state index is 12.9. The van der Waals surface area contributed by atoms with E-state index in [-0.39, 0.29) is 17.7 Å². The maximum absolute atomic E-state index is 12.9. The molecule has 0 radical (unpaired) electrons. The number of nitrogens with one attached hydrogen (secondary N) is 1. The Morgan fingerprint density at radius 1 is 1.24 bits per heavy atom. The lowest BCUT2D eigenvalue weighted by molar-refractivity contribution is -0.133. The summed E-state index contributed by atoms with van der Waals surface area (Å²) in [6.45, 7) is 4.53. The van der Waals surface area contributed by atoms with Gasteiger partial charge in [-0.25, -0.2) is 0 Å². The Morgan fingerprint density at radius 2 is 1.92 bits per heavy atom. The minimum atomic E-state index is -0.557. The van der Waals surface area contributed by atoms with Gasteiger partial charge in [-0.1, -0.05) is 37.9 Å². The zero-order valence-electron chi connectivity index (χ0n) is 14.7. The standard InChI is InChI=1S/C19H23ClN2O2S/c1-4-13(2)17(19(24)22(3)12-16-6-5-11-25-16)21-18(23)14-7-9-15(20)10-8-14/h5-11,13,17H,4,12H2,1-3H3,(H,21,23). The van der Waals surface area contributed by atoms with Crippen LogP contribution in [0.2, 0.25) is 5.02 Å². The molecular weight excluding hydrogens is 356 g/mol. The van der Waals surface area contributed by atoms with Gasteiger partial charge in [-0.3, -0.25) is 9.59 Å². The molecule has 1 aromatic heterocycles. The molecule has 25 heavy (non-hydrogen) atoms. The van der Waals surface area contributed by atoms with Crippen molar-refractivity contribution in [3.05, 3.63) is 57.2 Å². The molecule has 0 aliphatic heterocycles. The van der Waals surface area contributed by atoms with Crippen LogP contribution in [0.1, 0.15) is 35.5 Å². The van der Waals surface area contributed by atoms with Crippen LogP contribution in [-0.2, 0) is 11.3 Å². The summed E-state index contributed by atoms with van der Waals surface area (Å²) in [7, 11) is 1.77. The topological polar surface area (TPSA) is 49.4 Å². The molecule has 0 saturated carbocycles. The molecule has 0 saturated heterocycles. The molecule has 134 valence electrons. The van der Waals surface area contributed by atoms with Gasteiger partial charge in [0.05, 0.1) is 6.54 Å². The first-order chi connectivity index (χ1) is 11.9. The zero-order valence-corrected chi connectivity index (χ0v) is 16.2. The molecule has 0 aliphatic carbocycles. The minimum absolute atomic E-state index is 0.0366. The van der Waals surface area contributed by atoms with E-state index in [9.17, 15) is 9.59 Å². The molecule has 2 amide bonds. The molecule has 1 N–H and O–H groups in total. The predicted octanol–water partition coefficient (Wildman–Crippen LogP) is 4.20. The molecule has 1 heterocycles. The van der Waals surface area contributed by atoms with Gasteiger partial charge in [0.15, 0.2) is 0 Å². The first-order valence-electron chi connectivity index (χ1n) is 8.26. The Kier molecular flexibility index (Phi) is 7.02. The number of benzene rings is 1. The van der Waals surface area contributed by atoms with E-state index in [4.69, 9.17) is 11.6 Å².